The summed E-state index contributed by atoms with van der Waals surface area (Å²) in [6.07, 6.45) is 8.53. The van der Waals surface area contributed by atoms with Gasteiger partial charge in [-0.3, -0.25) is 9.59 Å². The predicted octanol–water partition coefficient (Wildman–Crippen LogP) is 4.53. The molecule has 0 aromatic heterocycles. The summed E-state index contributed by atoms with van der Waals surface area (Å²) in [6, 6.07) is 7.19. The van der Waals surface area contributed by atoms with E-state index >= 15 is 0 Å². The van der Waals surface area contributed by atoms with Crippen molar-refractivity contribution in [3.8, 4) is 0 Å². The Morgan fingerprint density at radius 1 is 0.971 bits per heavy atom. The molecule has 4 bridgehead atoms. The molecule has 6 nitrogen and oxygen atoms in total. The lowest BCUT2D eigenvalue weighted by molar-refractivity contribution is -0.137. The van der Waals surface area contributed by atoms with Gasteiger partial charge in [-0.15, -0.1) is 11.8 Å². The number of benzene rings is 1. The maximum atomic E-state index is 12.9. The minimum absolute atomic E-state index is 0.00531. The summed E-state index contributed by atoms with van der Waals surface area (Å²) >= 11 is 1.37. The van der Waals surface area contributed by atoms with Crippen molar-refractivity contribution >= 4 is 29.5 Å². The molecule has 5 aliphatic rings. The summed E-state index contributed by atoms with van der Waals surface area (Å²) in [5, 5.41) is 3.40. The SMILES string of the molecule is CC1CC(C)CN(C(=O)COC(=O)c2ccccc2SCC(=O)NC23CC4CC(CC(C4)C2)C3)C1. The second-order valence-corrected chi connectivity index (χ2v) is 12.9. The molecule has 1 aromatic rings. The van der Waals surface area contributed by atoms with Gasteiger partial charge in [0.2, 0.25) is 5.91 Å². The highest BCUT2D eigenvalue weighted by Crippen LogP contribution is 2.55. The summed E-state index contributed by atoms with van der Waals surface area (Å²) < 4.78 is 5.41. The van der Waals surface area contributed by atoms with Gasteiger partial charge in [-0.1, -0.05) is 26.0 Å². The summed E-state index contributed by atoms with van der Waals surface area (Å²) in [5.74, 6) is 2.92. The van der Waals surface area contributed by atoms with Gasteiger partial charge in [0.1, 0.15) is 0 Å². The number of carbonyl (C=O) groups is 3. The molecule has 35 heavy (non-hydrogen) atoms. The van der Waals surface area contributed by atoms with Crippen LogP contribution < -0.4 is 5.32 Å². The smallest absolute Gasteiger partial charge is 0.339 e. The van der Waals surface area contributed by atoms with Gasteiger partial charge in [0.25, 0.3) is 5.91 Å². The first kappa shape index (κ1) is 24.7. The van der Waals surface area contributed by atoms with Crippen LogP contribution in [0.3, 0.4) is 0 Å². The van der Waals surface area contributed by atoms with Crippen molar-refractivity contribution in [2.75, 3.05) is 25.4 Å². The van der Waals surface area contributed by atoms with Gasteiger partial charge in [0.05, 0.1) is 11.3 Å². The Hall–Kier alpha value is -2.02. The molecule has 2 amide bonds. The van der Waals surface area contributed by atoms with Gasteiger partial charge in [-0.2, -0.15) is 0 Å². The fourth-order valence-electron chi connectivity index (χ4n) is 7.66. The van der Waals surface area contributed by atoms with E-state index in [1.54, 1.807) is 12.1 Å². The Morgan fingerprint density at radius 2 is 1.57 bits per heavy atom. The Labute approximate surface area is 212 Å². The summed E-state index contributed by atoms with van der Waals surface area (Å²) in [7, 11) is 0. The average molecular weight is 499 g/mol. The van der Waals surface area contributed by atoms with Crippen molar-refractivity contribution in [2.45, 2.75) is 69.2 Å². The van der Waals surface area contributed by atoms with Crippen molar-refractivity contribution in [3.05, 3.63) is 29.8 Å². The van der Waals surface area contributed by atoms with E-state index in [9.17, 15) is 14.4 Å². The number of nitrogens with one attached hydrogen (secondary N) is 1. The Balaban J connectivity index is 1.14. The van der Waals surface area contributed by atoms with E-state index in [-0.39, 0.29) is 29.7 Å². The number of hydrogen-bond donors (Lipinski definition) is 1. The second-order valence-electron chi connectivity index (χ2n) is 11.9. The molecule has 5 fully saturated rings. The van der Waals surface area contributed by atoms with E-state index in [2.05, 4.69) is 19.2 Å². The Kier molecular flexibility index (Phi) is 7.16. The van der Waals surface area contributed by atoms with Crippen LogP contribution in [0.4, 0.5) is 0 Å². The molecule has 7 heteroatoms. The first-order valence-corrected chi connectivity index (χ1v) is 14.2. The highest BCUT2D eigenvalue weighted by Gasteiger charge is 2.51. The molecule has 1 N–H and O–H groups in total. The van der Waals surface area contributed by atoms with Crippen LogP contribution in [0.15, 0.2) is 29.2 Å². The largest absolute Gasteiger partial charge is 0.452 e. The first-order valence-electron chi connectivity index (χ1n) is 13.3. The van der Waals surface area contributed by atoms with Crippen molar-refractivity contribution < 1.29 is 19.1 Å². The van der Waals surface area contributed by atoms with Gasteiger partial charge in [-0.05, 0) is 86.7 Å². The van der Waals surface area contributed by atoms with Crippen molar-refractivity contribution in [1.82, 2.24) is 10.2 Å². The number of likely N-dealkylation sites (tertiary alicyclic amines) is 1. The van der Waals surface area contributed by atoms with Crippen LogP contribution in [-0.2, 0) is 14.3 Å². The predicted molar refractivity (Wildman–Crippen MR) is 136 cm³/mol. The lowest BCUT2D eigenvalue weighted by Gasteiger charge is -2.56. The lowest BCUT2D eigenvalue weighted by atomic mass is 9.53. The second kappa shape index (κ2) is 10.2. The quantitative estimate of drug-likeness (QED) is 0.442. The molecule has 1 aromatic carbocycles. The summed E-state index contributed by atoms with van der Waals surface area (Å²) in [4.78, 5) is 40.9. The van der Waals surface area contributed by atoms with Gasteiger partial charge in [0.15, 0.2) is 6.61 Å². The van der Waals surface area contributed by atoms with Crippen molar-refractivity contribution in [2.24, 2.45) is 29.6 Å². The van der Waals surface area contributed by atoms with Crippen molar-refractivity contribution in [1.29, 1.82) is 0 Å². The molecular weight excluding hydrogens is 460 g/mol. The van der Waals surface area contributed by atoms with Crippen LogP contribution in [0.1, 0.15) is 69.2 Å². The molecular formula is C28H38N2O4S. The van der Waals surface area contributed by atoms with Crippen LogP contribution in [-0.4, -0.2) is 53.7 Å². The molecule has 4 aliphatic carbocycles. The minimum Gasteiger partial charge on any atom is -0.452 e. The number of hydrogen-bond acceptors (Lipinski definition) is 5. The van der Waals surface area contributed by atoms with E-state index < -0.39 is 5.97 Å². The van der Waals surface area contributed by atoms with Gasteiger partial charge >= 0.3 is 5.97 Å². The first-order chi connectivity index (χ1) is 16.8. The molecule has 0 spiro atoms. The molecule has 0 radical (unpaired) electrons. The fourth-order valence-corrected chi connectivity index (χ4v) is 8.50. The number of thioether (sulfide) groups is 1. The zero-order valence-electron chi connectivity index (χ0n) is 21.0. The average Bonchev–Trinajstić information content (AvgIpc) is 2.79. The van der Waals surface area contributed by atoms with Crippen molar-refractivity contribution in [3.63, 3.8) is 0 Å². The molecule has 2 unspecified atom stereocenters. The number of ether oxygens (including phenoxy) is 1. The maximum absolute atomic E-state index is 12.9. The van der Waals surface area contributed by atoms with E-state index in [1.807, 2.05) is 17.0 Å². The molecule has 1 aliphatic heterocycles. The summed E-state index contributed by atoms with van der Waals surface area (Å²) in [6.45, 7) is 5.48. The van der Waals surface area contributed by atoms with Gasteiger partial charge in [0, 0.05) is 23.5 Å². The molecule has 2 atom stereocenters. The zero-order valence-corrected chi connectivity index (χ0v) is 21.8. The number of rotatable bonds is 7. The van der Waals surface area contributed by atoms with Crippen LogP contribution in [0.5, 0.6) is 0 Å². The molecule has 4 saturated carbocycles. The highest BCUT2D eigenvalue weighted by molar-refractivity contribution is 8.00. The zero-order chi connectivity index (χ0) is 24.6. The van der Waals surface area contributed by atoms with Crippen LogP contribution in [0.2, 0.25) is 0 Å². The number of nitrogens with zero attached hydrogens (tertiary/aromatic N) is 1. The number of piperidine rings is 1. The fraction of sp³-hybridized carbons (Fsp3) is 0.679. The van der Waals surface area contributed by atoms with E-state index in [4.69, 9.17) is 4.74 Å². The standard InChI is InChI=1S/C28H38N2O4S/c1-18-7-19(2)15-30(14-18)26(32)16-34-27(33)23-5-3-4-6-24(23)35-17-25(31)29-28-11-20-8-21(12-28)10-22(9-20)13-28/h3-6,18-22H,7-17H2,1-2H3,(H,29,31). The van der Waals surface area contributed by atoms with E-state index in [0.717, 1.165) is 43.4 Å². The third-order valence-electron chi connectivity index (χ3n) is 8.46. The molecule has 6 rings (SSSR count). The third-order valence-corrected chi connectivity index (χ3v) is 9.53. The van der Waals surface area contributed by atoms with Crippen LogP contribution in [0.25, 0.3) is 0 Å². The highest BCUT2D eigenvalue weighted by atomic mass is 32.2. The third kappa shape index (κ3) is 5.71. The topological polar surface area (TPSA) is 75.7 Å². The molecule has 190 valence electrons. The molecule has 1 heterocycles. The monoisotopic (exact) mass is 498 g/mol. The Bertz CT molecular complexity index is 934. The van der Waals surface area contributed by atoms with Crippen LogP contribution >= 0.6 is 11.8 Å². The minimum atomic E-state index is -0.513. The summed E-state index contributed by atoms with van der Waals surface area (Å²) in [5.41, 5.74) is 0.405. The van der Waals surface area contributed by atoms with Gasteiger partial charge < -0.3 is 15.0 Å². The number of carbonyl (C=O) groups excluding carboxylic acids is 3. The molecule has 1 saturated heterocycles. The lowest BCUT2D eigenvalue weighted by Crippen LogP contribution is -2.60. The maximum Gasteiger partial charge on any atom is 0.339 e. The Morgan fingerprint density at radius 3 is 2.20 bits per heavy atom. The number of amides is 2. The van der Waals surface area contributed by atoms with E-state index in [1.165, 1.54) is 31.0 Å². The van der Waals surface area contributed by atoms with Gasteiger partial charge in [-0.25, -0.2) is 4.79 Å². The van der Waals surface area contributed by atoms with E-state index in [0.29, 0.717) is 35.4 Å². The normalized spacial score (nSPS) is 33.4. The number of esters is 1. The van der Waals surface area contributed by atoms with Crippen LogP contribution in [0, 0.1) is 29.6 Å².